The van der Waals surface area contributed by atoms with E-state index in [1.165, 1.54) is 22.2 Å². The molecule has 1 rings (SSSR count). The van der Waals surface area contributed by atoms with E-state index in [-0.39, 0.29) is 5.41 Å². The average Bonchev–Trinajstić information content (AvgIpc) is 2.71. The van der Waals surface area contributed by atoms with Crippen LogP contribution in [-0.2, 0) is 12.0 Å². The third-order valence-electron chi connectivity index (χ3n) is 2.40. The summed E-state index contributed by atoms with van der Waals surface area (Å²) in [6, 6.07) is 0.555. The summed E-state index contributed by atoms with van der Waals surface area (Å²) < 4.78 is 0. The Morgan fingerprint density at radius 2 is 2.18 bits per heavy atom. The Kier molecular flexibility index (Phi) is 5.97. The molecular formula is C13H24N2S2. The molecule has 4 heteroatoms. The molecule has 0 radical (unpaired) electrons. The molecule has 0 aliphatic heterocycles. The van der Waals surface area contributed by atoms with E-state index in [9.17, 15) is 0 Å². The minimum Gasteiger partial charge on any atom is -0.308 e. The number of thiazole rings is 1. The van der Waals surface area contributed by atoms with Crippen molar-refractivity contribution in [2.24, 2.45) is 0 Å². The predicted octanol–water partition coefficient (Wildman–Crippen LogP) is 3.67. The SMILES string of the molecule is CCSCC(C)NCc1csc(C(C)(C)C)n1. The first-order chi connectivity index (χ1) is 7.93. The first kappa shape index (κ1) is 15.0. The summed E-state index contributed by atoms with van der Waals surface area (Å²) in [6.45, 7) is 12.0. The first-order valence-electron chi connectivity index (χ1n) is 6.19. The molecular weight excluding hydrogens is 248 g/mol. The quantitative estimate of drug-likeness (QED) is 0.855. The second-order valence-electron chi connectivity index (χ2n) is 5.34. The van der Waals surface area contributed by atoms with Crippen LogP contribution in [0.2, 0.25) is 0 Å². The zero-order chi connectivity index (χ0) is 12.9. The van der Waals surface area contributed by atoms with Crippen molar-refractivity contribution in [2.75, 3.05) is 11.5 Å². The van der Waals surface area contributed by atoms with Gasteiger partial charge in [-0.05, 0) is 12.7 Å². The fourth-order valence-electron chi connectivity index (χ4n) is 1.36. The molecule has 1 N–H and O–H groups in total. The van der Waals surface area contributed by atoms with Gasteiger partial charge >= 0.3 is 0 Å². The van der Waals surface area contributed by atoms with Crippen LogP contribution >= 0.6 is 23.1 Å². The largest absolute Gasteiger partial charge is 0.308 e. The number of nitrogens with one attached hydrogen (secondary N) is 1. The lowest BCUT2D eigenvalue weighted by Crippen LogP contribution is -2.28. The van der Waals surface area contributed by atoms with Crippen LogP contribution in [-0.4, -0.2) is 22.5 Å². The zero-order valence-corrected chi connectivity index (χ0v) is 13.2. The van der Waals surface area contributed by atoms with Crippen molar-refractivity contribution in [3.63, 3.8) is 0 Å². The maximum absolute atomic E-state index is 4.68. The normalized spacial score (nSPS) is 13.9. The number of hydrogen-bond donors (Lipinski definition) is 1. The smallest absolute Gasteiger partial charge is 0.0982 e. The van der Waals surface area contributed by atoms with Crippen molar-refractivity contribution in [1.29, 1.82) is 0 Å². The monoisotopic (exact) mass is 272 g/mol. The van der Waals surface area contributed by atoms with Gasteiger partial charge in [0.05, 0.1) is 10.7 Å². The van der Waals surface area contributed by atoms with E-state index in [1.54, 1.807) is 11.3 Å². The van der Waals surface area contributed by atoms with E-state index in [4.69, 9.17) is 0 Å². The van der Waals surface area contributed by atoms with Gasteiger partial charge in [0.1, 0.15) is 0 Å². The van der Waals surface area contributed by atoms with Crippen LogP contribution in [0, 0.1) is 0 Å². The van der Waals surface area contributed by atoms with Crippen LogP contribution in [0.4, 0.5) is 0 Å². The molecule has 1 atom stereocenters. The van der Waals surface area contributed by atoms with Crippen LogP contribution in [0.3, 0.4) is 0 Å². The van der Waals surface area contributed by atoms with Crippen molar-refractivity contribution < 1.29 is 0 Å². The molecule has 0 aliphatic rings. The van der Waals surface area contributed by atoms with Crippen molar-refractivity contribution in [1.82, 2.24) is 10.3 Å². The Morgan fingerprint density at radius 1 is 1.47 bits per heavy atom. The Balaban J connectivity index is 2.40. The fourth-order valence-corrected chi connectivity index (χ4v) is 2.98. The number of thioether (sulfide) groups is 1. The van der Waals surface area contributed by atoms with Crippen molar-refractivity contribution in [3.8, 4) is 0 Å². The van der Waals surface area contributed by atoms with Gasteiger partial charge in [0.25, 0.3) is 0 Å². The lowest BCUT2D eigenvalue weighted by atomic mass is 9.98. The Morgan fingerprint density at radius 3 is 2.71 bits per heavy atom. The third kappa shape index (κ3) is 5.40. The van der Waals surface area contributed by atoms with Crippen LogP contribution in [0.1, 0.15) is 45.3 Å². The van der Waals surface area contributed by atoms with Crippen LogP contribution in [0.25, 0.3) is 0 Å². The van der Waals surface area contributed by atoms with Crippen LogP contribution < -0.4 is 5.32 Å². The van der Waals surface area contributed by atoms with E-state index in [2.05, 4.69) is 50.3 Å². The lowest BCUT2D eigenvalue weighted by molar-refractivity contribution is 0.567. The molecule has 98 valence electrons. The Hall–Kier alpha value is -0.0600. The molecule has 0 aromatic carbocycles. The number of aromatic nitrogens is 1. The molecule has 1 aromatic heterocycles. The van der Waals surface area contributed by atoms with Gasteiger partial charge in [-0.2, -0.15) is 11.8 Å². The predicted molar refractivity (Wildman–Crippen MR) is 80.1 cm³/mol. The molecule has 0 bridgehead atoms. The van der Waals surface area contributed by atoms with E-state index >= 15 is 0 Å². The van der Waals surface area contributed by atoms with Crippen LogP contribution in [0.5, 0.6) is 0 Å². The van der Waals surface area contributed by atoms with Crippen molar-refractivity contribution >= 4 is 23.1 Å². The highest BCUT2D eigenvalue weighted by atomic mass is 32.2. The van der Waals surface area contributed by atoms with Gasteiger partial charge in [-0.15, -0.1) is 11.3 Å². The van der Waals surface area contributed by atoms with Crippen LogP contribution in [0.15, 0.2) is 5.38 Å². The van der Waals surface area contributed by atoms with E-state index in [0.717, 1.165) is 6.54 Å². The summed E-state index contributed by atoms with van der Waals surface area (Å²) in [5, 5.41) is 6.92. The Bertz CT molecular complexity index is 328. The standard InChI is InChI=1S/C13H24N2S2/c1-6-16-8-10(2)14-7-11-9-17-12(15-11)13(3,4)5/h9-10,14H,6-8H2,1-5H3. The van der Waals surface area contributed by atoms with E-state index in [0.29, 0.717) is 6.04 Å². The number of rotatable bonds is 6. The molecule has 0 saturated heterocycles. The first-order valence-corrected chi connectivity index (χ1v) is 8.23. The summed E-state index contributed by atoms with van der Waals surface area (Å²) >= 11 is 3.75. The third-order valence-corrected chi connectivity index (χ3v) is 4.86. The second-order valence-corrected chi connectivity index (χ2v) is 7.51. The molecule has 0 fully saturated rings. The van der Waals surface area contributed by atoms with E-state index in [1.807, 2.05) is 11.8 Å². The van der Waals surface area contributed by atoms with Gasteiger partial charge in [-0.1, -0.05) is 27.7 Å². The molecule has 0 spiro atoms. The fraction of sp³-hybridized carbons (Fsp3) is 0.769. The summed E-state index contributed by atoms with van der Waals surface area (Å²) in [5.74, 6) is 2.36. The highest BCUT2D eigenvalue weighted by molar-refractivity contribution is 7.99. The molecule has 0 saturated carbocycles. The summed E-state index contributed by atoms with van der Waals surface area (Å²) in [7, 11) is 0. The highest BCUT2D eigenvalue weighted by Gasteiger charge is 2.17. The van der Waals surface area contributed by atoms with Gasteiger partial charge in [0.2, 0.25) is 0 Å². The summed E-state index contributed by atoms with van der Waals surface area (Å²) in [6.07, 6.45) is 0. The topological polar surface area (TPSA) is 24.9 Å². The molecule has 1 heterocycles. The van der Waals surface area contributed by atoms with Gasteiger partial charge in [0.15, 0.2) is 0 Å². The molecule has 0 amide bonds. The molecule has 1 unspecified atom stereocenters. The minimum atomic E-state index is 0.173. The molecule has 1 aromatic rings. The second kappa shape index (κ2) is 6.76. The zero-order valence-electron chi connectivity index (χ0n) is 11.5. The van der Waals surface area contributed by atoms with Gasteiger partial charge in [-0.3, -0.25) is 0 Å². The molecule has 2 nitrogen and oxygen atoms in total. The Labute approximate surface area is 114 Å². The van der Waals surface area contributed by atoms with Crippen molar-refractivity contribution in [3.05, 3.63) is 16.1 Å². The van der Waals surface area contributed by atoms with Gasteiger partial charge in [0, 0.05) is 29.1 Å². The maximum atomic E-state index is 4.68. The average molecular weight is 272 g/mol. The summed E-state index contributed by atoms with van der Waals surface area (Å²) in [4.78, 5) is 4.68. The molecule has 17 heavy (non-hydrogen) atoms. The number of hydrogen-bond acceptors (Lipinski definition) is 4. The van der Waals surface area contributed by atoms with Gasteiger partial charge in [-0.25, -0.2) is 4.98 Å². The lowest BCUT2D eigenvalue weighted by Gasteiger charge is -2.14. The minimum absolute atomic E-state index is 0.173. The highest BCUT2D eigenvalue weighted by Crippen LogP contribution is 2.25. The number of nitrogens with zero attached hydrogens (tertiary/aromatic N) is 1. The maximum Gasteiger partial charge on any atom is 0.0982 e. The summed E-state index contributed by atoms with van der Waals surface area (Å²) in [5.41, 5.74) is 1.35. The van der Waals surface area contributed by atoms with Crippen molar-refractivity contribution in [2.45, 2.75) is 52.6 Å². The van der Waals surface area contributed by atoms with Gasteiger partial charge < -0.3 is 5.32 Å². The molecule has 0 aliphatic carbocycles. The van der Waals surface area contributed by atoms with E-state index < -0.39 is 0 Å².